The van der Waals surface area contributed by atoms with Crippen molar-refractivity contribution in [2.45, 2.75) is 13.5 Å². The molecule has 19 heavy (non-hydrogen) atoms. The van der Waals surface area contributed by atoms with Gasteiger partial charge in [0.2, 0.25) is 5.91 Å². The minimum absolute atomic E-state index is 0.0549. The van der Waals surface area contributed by atoms with E-state index in [2.05, 4.69) is 34.1 Å². The SMILES string of the molecule is CC(CN1CCN(Cc2ccccc2)CC1)C(N)=O. The van der Waals surface area contributed by atoms with Crippen molar-refractivity contribution in [3.63, 3.8) is 0 Å². The Hall–Kier alpha value is -1.39. The summed E-state index contributed by atoms with van der Waals surface area (Å²) in [7, 11) is 0. The smallest absolute Gasteiger partial charge is 0.221 e. The molecule has 0 spiro atoms. The fraction of sp³-hybridized carbons (Fsp3) is 0.533. The van der Waals surface area contributed by atoms with E-state index in [0.717, 1.165) is 39.3 Å². The minimum Gasteiger partial charge on any atom is -0.369 e. The summed E-state index contributed by atoms with van der Waals surface area (Å²) in [6, 6.07) is 10.6. The highest BCUT2D eigenvalue weighted by atomic mass is 16.1. The lowest BCUT2D eigenvalue weighted by molar-refractivity contribution is -0.122. The number of carbonyl (C=O) groups excluding carboxylic acids is 1. The molecule has 0 radical (unpaired) electrons. The predicted octanol–water partition coefficient (Wildman–Crippen LogP) is 0.926. The molecule has 1 amide bonds. The number of nitrogens with two attached hydrogens (primary N) is 1. The number of carbonyl (C=O) groups is 1. The van der Waals surface area contributed by atoms with Crippen molar-refractivity contribution in [2.75, 3.05) is 32.7 Å². The van der Waals surface area contributed by atoms with Crippen molar-refractivity contribution in [3.8, 4) is 0 Å². The van der Waals surface area contributed by atoms with Crippen molar-refractivity contribution in [2.24, 2.45) is 11.7 Å². The predicted molar refractivity (Wildman–Crippen MR) is 76.5 cm³/mol. The van der Waals surface area contributed by atoms with Crippen molar-refractivity contribution in [1.29, 1.82) is 0 Å². The third-order valence-corrected chi connectivity index (χ3v) is 3.73. The zero-order chi connectivity index (χ0) is 13.7. The number of nitrogens with zero attached hydrogens (tertiary/aromatic N) is 2. The molecule has 4 heteroatoms. The van der Waals surface area contributed by atoms with Gasteiger partial charge in [-0.3, -0.25) is 9.69 Å². The fourth-order valence-electron chi connectivity index (χ4n) is 2.45. The molecule has 4 nitrogen and oxygen atoms in total. The zero-order valence-electron chi connectivity index (χ0n) is 11.6. The lowest BCUT2D eigenvalue weighted by Gasteiger charge is -2.35. The molecule has 1 aromatic carbocycles. The Balaban J connectivity index is 1.75. The monoisotopic (exact) mass is 261 g/mol. The number of rotatable bonds is 5. The van der Waals surface area contributed by atoms with Crippen LogP contribution in [-0.2, 0) is 11.3 Å². The van der Waals surface area contributed by atoms with Gasteiger partial charge >= 0.3 is 0 Å². The molecule has 1 atom stereocenters. The molecule has 1 unspecified atom stereocenters. The summed E-state index contributed by atoms with van der Waals surface area (Å²) in [5.41, 5.74) is 6.67. The standard InChI is InChI=1S/C15H23N3O/c1-13(15(16)19)11-17-7-9-18(10-8-17)12-14-5-3-2-4-6-14/h2-6,13H,7-12H2,1H3,(H2,16,19). The van der Waals surface area contributed by atoms with Gasteiger partial charge in [0, 0.05) is 45.2 Å². The summed E-state index contributed by atoms with van der Waals surface area (Å²) in [6.07, 6.45) is 0. The van der Waals surface area contributed by atoms with Crippen LogP contribution in [0.3, 0.4) is 0 Å². The maximum Gasteiger partial charge on any atom is 0.221 e. The molecule has 1 aromatic rings. The number of primary amides is 1. The number of benzene rings is 1. The Bertz CT molecular complexity index is 399. The molecule has 0 saturated carbocycles. The highest BCUT2D eigenvalue weighted by Crippen LogP contribution is 2.09. The van der Waals surface area contributed by atoms with Crippen molar-refractivity contribution in [1.82, 2.24) is 9.80 Å². The van der Waals surface area contributed by atoms with Crippen LogP contribution < -0.4 is 5.73 Å². The Morgan fingerprint density at radius 2 is 1.74 bits per heavy atom. The first-order valence-electron chi connectivity index (χ1n) is 6.93. The molecule has 1 heterocycles. The van der Waals surface area contributed by atoms with E-state index >= 15 is 0 Å². The Morgan fingerprint density at radius 1 is 1.16 bits per heavy atom. The number of hydrogen-bond acceptors (Lipinski definition) is 3. The van der Waals surface area contributed by atoms with E-state index in [1.807, 2.05) is 13.0 Å². The van der Waals surface area contributed by atoms with Crippen LogP contribution in [0.2, 0.25) is 0 Å². The summed E-state index contributed by atoms with van der Waals surface area (Å²) < 4.78 is 0. The highest BCUT2D eigenvalue weighted by molar-refractivity contribution is 5.76. The molecule has 2 N–H and O–H groups in total. The third-order valence-electron chi connectivity index (χ3n) is 3.73. The molecule has 0 aliphatic carbocycles. The Morgan fingerprint density at radius 3 is 2.32 bits per heavy atom. The average Bonchev–Trinajstić information content (AvgIpc) is 2.42. The molecule has 1 fully saturated rings. The third kappa shape index (κ3) is 4.33. The maximum absolute atomic E-state index is 11.1. The number of amides is 1. The second kappa shape index (κ2) is 6.68. The molecule has 0 bridgehead atoms. The van der Waals surface area contributed by atoms with Gasteiger partial charge in [-0.15, -0.1) is 0 Å². The van der Waals surface area contributed by atoms with Crippen LogP contribution in [0, 0.1) is 5.92 Å². The molecule has 104 valence electrons. The van der Waals surface area contributed by atoms with E-state index in [4.69, 9.17) is 5.73 Å². The average molecular weight is 261 g/mol. The maximum atomic E-state index is 11.1. The molecule has 2 rings (SSSR count). The topological polar surface area (TPSA) is 49.6 Å². The van der Waals surface area contributed by atoms with E-state index in [1.54, 1.807) is 0 Å². The summed E-state index contributed by atoms with van der Waals surface area (Å²) >= 11 is 0. The number of piperazine rings is 1. The fourth-order valence-corrected chi connectivity index (χ4v) is 2.45. The van der Waals surface area contributed by atoms with Crippen LogP contribution in [0.4, 0.5) is 0 Å². The first kappa shape index (κ1) is 14.0. The van der Waals surface area contributed by atoms with E-state index in [0.29, 0.717) is 0 Å². The Kier molecular flexibility index (Phi) is 4.93. The van der Waals surface area contributed by atoms with E-state index in [-0.39, 0.29) is 11.8 Å². The second-order valence-corrected chi connectivity index (χ2v) is 5.37. The van der Waals surface area contributed by atoms with Crippen LogP contribution in [0.5, 0.6) is 0 Å². The van der Waals surface area contributed by atoms with Crippen molar-refractivity contribution < 1.29 is 4.79 Å². The first-order valence-corrected chi connectivity index (χ1v) is 6.93. The van der Waals surface area contributed by atoms with Crippen molar-refractivity contribution in [3.05, 3.63) is 35.9 Å². The van der Waals surface area contributed by atoms with E-state index in [9.17, 15) is 4.79 Å². The zero-order valence-corrected chi connectivity index (χ0v) is 11.6. The summed E-state index contributed by atoms with van der Waals surface area (Å²) in [4.78, 5) is 15.9. The van der Waals surface area contributed by atoms with E-state index in [1.165, 1.54) is 5.56 Å². The van der Waals surface area contributed by atoms with E-state index < -0.39 is 0 Å². The summed E-state index contributed by atoms with van der Waals surface area (Å²) in [5.74, 6) is -0.257. The van der Waals surface area contributed by atoms with Gasteiger partial charge < -0.3 is 10.6 Å². The second-order valence-electron chi connectivity index (χ2n) is 5.37. The molecule has 0 aromatic heterocycles. The summed E-state index contributed by atoms with van der Waals surface area (Å²) in [6.45, 7) is 7.85. The molecular formula is C15H23N3O. The van der Waals surface area contributed by atoms with Gasteiger partial charge in [0.1, 0.15) is 0 Å². The normalized spacial score (nSPS) is 19.2. The van der Waals surface area contributed by atoms with Gasteiger partial charge in [0.15, 0.2) is 0 Å². The quantitative estimate of drug-likeness (QED) is 0.857. The van der Waals surface area contributed by atoms with Gasteiger partial charge in [0.25, 0.3) is 0 Å². The van der Waals surface area contributed by atoms with Gasteiger partial charge in [-0.25, -0.2) is 0 Å². The van der Waals surface area contributed by atoms with Gasteiger partial charge in [-0.05, 0) is 5.56 Å². The first-order chi connectivity index (χ1) is 9.15. The minimum atomic E-state index is -0.202. The number of hydrogen-bond donors (Lipinski definition) is 1. The molecule has 1 aliphatic rings. The highest BCUT2D eigenvalue weighted by Gasteiger charge is 2.20. The lowest BCUT2D eigenvalue weighted by atomic mass is 10.1. The lowest BCUT2D eigenvalue weighted by Crippen LogP contribution is -2.48. The molecule has 1 saturated heterocycles. The van der Waals surface area contributed by atoms with Gasteiger partial charge in [-0.1, -0.05) is 37.3 Å². The van der Waals surface area contributed by atoms with Crippen LogP contribution >= 0.6 is 0 Å². The summed E-state index contributed by atoms with van der Waals surface area (Å²) in [5, 5.41) is 0. The Labute approximate surface area is 115 Å². The van der Waals surface area contributed by atoms with Crippen LogP contribution in [0.25, 0.3) is 0 Å². The van der Waals surface area contributed by atoms with Gasteiger partial charge in [-0.2, -0.15) is 0 Å². The molecular weight excluding hydrogens is 238 g/mol. The van der Waals surface area contributed by atoms with Crippen LogP contribution in [0.15, 0.2) is 30.3 Å². The van der Waals surface area contributed by atoms with Crippen LogP contribution in [-0.4, -0.2) is 48.4 Å². The van der Waals surface area contributed by atoms with Crippen molar-refractivity contribution >= 4 is 5.91 Å². The molecule has 1 aliphatic heterocycles. The van der Waals surface area contributed by atoms with Crippen LogP contribution in [0.1, 0.15) is 12.5 Å². The van der Waals surface area contributed by atoms with Gasteiger partial charge in [0.05, 0.1) is 0 Å². The largest absolute Gasteiger partial charge is 0.369 e.